The summed E-state index contributed by atoms with van der Waals surface area (Å²) in [6.07, 6.45) is 3.23. The van der Waals surface area contributed by atoms with E-state index in [-0.39, 0.29) is 18.4 Å². The number of aryl methyl sites for hydroxylation is 2. The van der Waals surface area contributed by atoms with Crippen LogP contribution in [-0.2, 0) is 17.6 Å². The van der Waals surface area contributed by atoms with E-state index >= 15 is 0 Å². The maximum atomic E-state index is 11.9. The zero-order valence-electron chi connectivity index (χ0n) is 13.1. The molecule has 3 N–H and O–H groups in total. The fourth-order valence-corrected chi connectivity index (χ4v) is 2.27. The van der Waals surface area contributed by atoms with Gasteiger partial charge in [-0.05, 0) is 31.5 Å². The van der Waals surface area contributed by atoms with Gasteiger partial charge < -0.3 is 14.8 Å². The summed E-state index contributed by atoms with van der Waals surface area (Å²) in [7, 11) is 0. The number of hydrogen-bond acceptors (Lipinski definition) is 4. The lowest BCUT2D eigenvalue weighted by Gasteiger charge is -2.13. The third-order valence-electron chi connectivity index (χ3n) is 3.86. The Hall–Kier alpha value is -2.08. The van der Waals surface area contributed by atoms with Crippen LogP contribution in [-0.4, -0.2) is 34.4 Å². The number of carbonyl (C=O) groups is 1. The van der Waals surface area contributed by atoms with Gasteiger partial charge in [0.05, 0.1) is 12.0 Å². The van der Waals surface area contributed by atoms with Crippen LogP contribution in [0.4, 0.5) is 0 Å². The van der Waals surface area contributed by atoms with Gasteiger partial charge in [0, 0.05) is 44.0 Å². The Labute approximate surface area is 129 Å². The van der Waals surface area contributed by atoms with Crippen LogP contribution in [0, 0.1) is 19.8 Å². The van der Waals surface area contributed by atoms with Gasteiger partial charge in [0.25, 0.3) is 0 Å². The number of aromatic amines is 1. The van der Waals surface area contributed by atoms with Gasteiger partial charge in [0.15, 0.2) is 0 Å². The Morgan fingerprint density at radius 3 is 2.91 bits per heavy atom. The molecule has 0 spiro atoms. The molecule has 0 aliphatic heterocycles. The number of carbonyl (C=O) groups excluding carboxylic acids is 1. The summed E-state index contributed by atoms with van der Waals surface area (Å²) < 4.78 is 5.26. The third-order valence-corrected chi connectivity index (χ3v) is 3.86. The first-order chi connectivity index (χ1) is 10.6. The molecule has 0 saturated carbocycles. The molecule has 0 fully saturated rings. The quantitative estimate of drug-likeness (QED) is 0.689. The van der Waals surface area contributed by atoms with Crippen LogP contribution in [0.1, 0.15) is 29.1 Å². The molecule has 120 valence electrons. The van der Waals surface area contributed by atoms with Gasteiger partial charge >= 0.3 is 0 Å². The molecule has 1 atom stereocenters. The zero-order chi connectivity index (χ0) is 15.9. The summed E-state index contributed by atoms with van der Waals surface area (Å²) >= 11 is 0. The van der Waals surface area contributed by atoms with Gasteiger partial charge in [0.2, 0.25) is 5.91 Å². The van der Waals surface area contributed by atoms with E-state index in [1.807, 2.05) is 26.0 Å². The van der Waals surface area contributed by atoms with E-state index in [4.69, 9.17) is 4.42 Å². The molecule has 2 heterocycles. The maximum Gasteiger partial charge on any atom is 0.220 e. The van der Waals surface area contributed by atoms with Gasteiger partial charge in [-0.2, -0.15) is 5.10 Å². The van der Waals surface area contributed by atoms with Gasteiger partial charge in [-0.25, -0.2) is 0 Å². The number of nitrogens with zero attached hydrogens (tertiary/aromatic N) is 1. The minimum absolute atomic E-state index is 0.0125. The first kappa shape index (κ1) is 16.3. The number of aromatic nitrogens is 2. The largest absolute Gasteiger partial charge is 0.469 e. The molecule has 0 saturated heterocycles. The van der Waals surface area contributed by atoms with Crippen molar-refractivity contribution in [3.8, 4) is 0 Å². The Morgan fingerprint density at radius 2 is 2.32 bits per heavy atom. The van der Waals surface area contributed by atoms with Crippen LogP contribution in [0.15, 0.2) is 22.8 Å². The number of nitrogens with one attached hydrogen (secondary N) is 2. The minimum atomic E-state index is -0.0375. The van der Waals surface area contributed by atoms with Gasteiger partial charge in [-0.3, -0.25) is 9.89 Å². The second-order valence-corrected chi connectivity index (χ2v) is 5.56. The van der Waals surface area contributed by atoms with Gasteiger partial charge in [0.1, 0.15) is 5.76 Å². The highest BCUT2D eigenvalue weighted by atomic mass is 16.3. The monoisotopic (exact) mass is 305 g/mol. The Morgan fingerprint density at radius 1 is 1.50 bits per heavy atom. The Balaban J connectivity index is 1.73. The maximum absolute atomic E-state index is 11.9. The molecular weight excluding hydrogens is 282 g/mol. The van der Waals surface area contributed by atoms with Crippen LogP contribution >= 0.6 is 0 Å². The lowest BCUT2D eigenvalue weighted by Crippen LogP contribution is -2.32. The lowest BCUT2D eigenvalue weighted by molar-refractivity contribution is -0.121. The molecular formula is C16H23N3O3. The lowest BCUT2D eigenvalue weighted by atomic mass is 10.0. The summed E-state index contributed by atoms with van der Waals surface area (Å²) in [6, 6.07) is 3.68. The van der Waals surface area contributed by atoms with Crippen molar-refractivity contribution in [1.29, 1.82) is 0 Å². The highest BCUT2D eigenvalue weighted by Gasteiger charge is 2.13. The summed E-state index contributed by atoms with van der Waals surface area (Å²) in [4.78, 5) is 11.9. The molecule has 0 aliphatic rings. The van der Waals surface area contributed by atoms with Gasteiger partial charge in [-0.1, -0.05) is 0 Å². The molecule has 2 aromatic rings. The molecule has 6 nitrogen and oxygen atoms in total. The van der Waals surface area contributed by atoms with Crippen LogP contribution in [0.5, 0.6) is 0 Å². The SMILES string of the molecule is Cc1[nH]nc(CCC(=O)NCC(CO)Cc2ccco2)c1C. The molecule has 1 unspecified atom stereocenters. The normalized spacial score (nSPS) is 12.3. The van der Waals surface area contributed by atoms with Crippen molar-refractivity contribution < 1.29 is 14.3 Å². The van der Waals surface area contributed by atoms with Crippen molar-refractivity contribution in [2.75, 3.05) is 13.2 Å². The second kappa shape index (κ2) is 7.79. The van der Waals surface area contributed by atoms with E-state index in [1.54, 1.807) is 6.26 Å². The first-order valence-electron chi connectivity index (χ1n) is 7.50. The number of amides is 1. The molecule has 2 rings (SSSR count). The Kier molecular flexibility index (Phi) is 5.77. The van der Waals surface area contributed by atoms with Crippen molar-refractivity contribution >= 4 is 5.91 Å². The third kappa shape index (κ3) is 4.46. The van der Waals surface area contributed by atoms with Crippen molar-refractivity contribution in [2.24, 2.45) is 5.92 Å². The van der Waals surface area contributed by atoms with E-state index in [0.717, 1.165) is 22.7 Å². The number of aliphatic hydroxyl groups excluding tert-OH is 1. The average Bonchev–Trinajstić information content (AvgIpc) is 3.13. The van der Waals surface area contributed by atoms with Crippen molar-refractivity contribution in [2.45, 2.75) is 33.1 Å². The van der Waals surface area contributed by atoms with E-state index in [2.05, 4.69) is 15.5 Å². The fourth-order valence-electron chi connectivity index (χ4n) is 2.27. The molecule has 0 radical (unpaired) electrons. The smallest absolute Gasteiger partial charge is 0.220 e. The van der Waals surface area contributed by atoms with E-state index < -0.39 is 0 Å². The van der Waals surface area contributed by atoms with E-state index in [1.165, 1.54) is 0 Å². The number of H-pyrrole nitrogens is 1. The zero-order valence-corrected chi connectivity index (χ0v) is 13.1. The number of rotatable bonds is 8. The molecule has 0 bridgehead atoms. The van der Waals surface area contributed by atoms with Crippen LogP contribution in [0.3, 0.4) is 0 Å². The fraction of sp³-hybridized carbons (Fsp3) is 0.500. The van der Waals surface area contributed by atoms with Crippen LogP contribution in [0.2, 0.25) is 0 Å². The summed E-state index contributed by atoms with van der Waals surface area (Å²) in [5, 5.41) is 19.4. The molecule has 22 heavy (non-hydrogen) atoms. The predicted octanol–water partition coefficient (Wildman–Crippen LogP) is 1.52. The number of aliphatic hydroxyl groups is 1. The average molecular weight is 305 g/mol. The van der Waals surface area contributed by atoms with Gasteiger partial charge in [-0.15, -0.1) is 0 Å². The molecule has 6 heteroatoms. The molecule has 0 aliphatic carbocycles. The minimum Gasteiger partial charge on any atom is -0.469 e. The summed E-state index contributed by atoms with van der Waals surface area (Å²) in [5.74, 6) is 0.748. The first-order valence-corrected chi connectivity index (χ1v) is 7.50. The Bertz CT molecular complexity index is 590. The van der Waals surface area contributed by atoms with E-state index in [9.17, 15) is 9.90 Å². The number of hydrogen-bond donors (Lipinski definition) is 3. The van der Waals surface area contributed by atoms with Crippen molar-refractivity contribution in [3.05, 3.63) is 41.1 Å². The van der Waals surface area contributed by atoms with Crippen LogP contribution in [0.25, 0.3) is 0 Å². The topological polar surface area (TPSA) is 91.2 Å². The number of furan rings is 1. The van der Waals surface area contributed by atoms with E-state index in [0.29, 0.717) is 25.8 Å². The van der Waals surface area contributed by atoms with Crippen molar-refractivity contribution in [3.63, 3.8) is 0 Å². The van der Waals surface area contributed by atoms with Crippen molar-refractivity contribution in [1.82, 2.24) is 15.5 Å². The summed E-state index contributed by atoms with van der Waals surface area (Å²) in [5.41, 5.74) is 3.08. The second-order valence-electron chi connectivity index (χ2n) is 5.56. The standard InChI is InChI=1S/C16H23N3O3/c1-11-12(2)18-19-15(11)5-6-16(21)17-9-13(10-20)8-14-4-3-7-22-14/h3-4,7,13,20H,5-6,8-10H2,1-2H3,(H,17,21)(H,18,19). The summed E-state index contributed by atoms with van der Waals surface area (Å²) in [6.45, 7) is 4.41. The highest BCUT2D eigenvalue weighted by molar-refractivity contribution is 5.76. The molecule has 0 aromatic carbocycles. The predicted molar refractivity (Wildman–Crippen MR) is 82.4 cm³/mol. The van der Waals surface area contributed by atoms with Crippen LogP contribution < -0.4 is 5.32 Å². The highest BCUT2D eigenvalue weighted by Crippen LogP contribution is 2.11. The molecule has 2 aromatic heterocycles. The molecule has 1 amide bonds.